The zero-order valence-corrected chi connectivity index (χ0v) is 17.4. The second kappa shape index (κ2) is 9.22. The Balaban J connectivity index is 2.29. The van der Waals surface area contributed by atoms with E-state index in [0.717, 1.165) is 5.56 Å². The summed E-state index contributed by atoms with van der Waals surface area (Å²) in [6, 6.07) is 7.85. The summed E-state index contributed by atoms with van der Waals surface area (Å²) in [4.78, 5) is 12.4. The van der Waals surface area contributed by atoms with Crippen LogP contribution in [0.15, 0.2) is 30.3 Å². The summed E-state index contributed by atoms with van der Waals surface area (Å²) in [6.07, 6.45) is 0. The van der Waals surface area contributed by atoms with Gasteiger partial charge in [-0.1, -0.05) is 26.8 Å². The van der Waals surface area contributed by atoms with Gasteiger partial charge < -0.3 is 14.6 Å². The fourth-order valence-electron chi connectivity index (χ4n) is 2.96. The minimum Gasteiger partial charge on any atom is -0.492 e. The normalized spacial score (nSPS) is 11.6. The van der Waals surface area contributed by atoms with Crippen LogP contribution in [0.1, 0.15) is 26.3 Å². The molecule has 1 N–H and O–H groups in total. The van der Waals surface area contributed by atoms with Gasteiger partial charge in [-0.05, 0) is 47.9 Å². The number of benzene rings is 2. The Morgan fingerprint density at radius 2 is 1.72 bits per heavy atom. The number of ether oxygens (including phenoxy) is 2. The van der Waals surface area contributed by atoms with E-state index in [-0.39, 0.29) is 12.0 Å². The molecule has 2 aromatic carbocycles. The average Bonchev–Trinajstić information content (AvgIpc) is 2.60. The van der Waals surface area contributed by atoms with Crippen LogP contribution in [0, 0.1) is 11.6 Å². The average molecular weight is 407 g/mol. The van der Waals surface area contributed by atoms with Crippen molar-refractivity contribution in [2.24, 2.45) is 0 Å². The van der Waals surface area contributed by atoms with E-state index in [1.165, 1.54) is 19.2 Å². The van der Waals surface area contributed by atoms with E-state index in [1.54, 1.807) is 24.1 Å². The minimum atomic E-state index is -0.897. The molecule has 2 rings (SSSR count). The van der Waals surface area contributed by atoms with E-state index >= 15 is 0 Å². The van der Waals surface area contributed by atoms with Crippen molar-refractivity contribution in [1.29, 1.82) is 0 Å². The third-order valence-corrected chi connectivity index (χ3v) is 4.46. The zero-order chi connectivity index (χ0) is 21.8. The topological polar surface area (TPSA) is 59.0 Å². The highest BCUT2D eigenvalue weighted by Crippen LogP contribution is 2.36. The summed E-state index contributed by atoms with van der Waals surface area (Å²) in [5.74, 6) is -2.18. The second-order valence-electron chi connectivity index (χ2n) is 7.91. The van der Waals surface area contributed by atoms with Gasteiger partial charge in [-0.15, -0.1) is 0 Å². The van der Waals surface area contributed by atoms with Crippen LogP contribution in [0.25, 0.3) is 11.1 Å². The first-order chi connectivity index (χ1) is 13.5. The Morgan fingerprint density at radius 3 is 2.24 bits per heavy atom. The second-order valence-corrected chi connectivity index (χ2v) is 7.91. The van der Waals surface area contributed by atoms with Crippen LogP contribution in [0.4, 0.5) is 8.78 Å². The molecule has 0 heterocycles. The first-order valence-electron chi connectivity index (χ1n) is 9.24. The van der Waals surface area contributed by atoms with Gasteiger partial charge >= 0.3 is 5.97 Å². The quantitative estimate of drug-likeness (QED) is 0.706. The van der Waals surface area contributed by atoms with Crippen molar-refractivity contribution in [1.82, 2.24) is 4.90 Å². The van der Waals surface area contributed by atoms with Gasteiger partial charge in [-0.3, -0.25) is 9.69 Å². The van der Waals surface area contributed by atoms with Crippen LogP contribution < -0.4 is 9.47 Å². The lowest BCUT2D eigenvalue weighted by atomic mass is 9.84. The maximum absolute atomic E-state index is 14.1. The van der Waals surface area contributed by atoms with Gasteiger partial charge in [-0.25, -0.2) is 8.78 Å². The molecule has 0 saturated carbocycles. The monoisotopic (exact) mass is 407 g/mol. The van der Waals surface area contributed by atoms with Crippen LogP contribution in [0.2, 0.25) is 0 Å². The predicted octanol–water partition coefficient (Wildman–Crippen LogP) is 4.33. The van der Waals surface area contributed by atoms with Crippen molar-refractivity contribution in [2.45, 2.75) is 26.2 Å². The van der Waals surface area contributed by atoms with Crippen LogP contribution in [0.5, 0.6) is 11.5 Å². The fraction of sp³-hybridized carbons (Fsp3) is 0.409. The molecule has 0 aliphatic rings. The number of carboxylic acids is 1. The molecular formula is C22H27F2NO4. The molecule has 0 aliphatic carbocycles. The summed E-state index contributed by atoms with van der Waals surface area (Å²) in [5, 5.41) is 8.82. The maximum atomic E-state index is 14.1. The number of methoxy groups -OCH3 is 1. The first-order valence-corrected chi connectivity index (χ1v) is 9.24. The summed E-state index contributed by atoms with van der Waals surface area (Å²) < 4.78 is 38.8. The molecular weight excluding hydrogens is 380 g/mol. The molecule has 0 aromatic heterocycles. The lowest BCUT2D eigenvalue weighted by Gasteiger charge is -2.24. The van der Waals surface area contributed by atoms with Crippen molar-refractivity contribution < 1.29 is 28.2 Å². The number of nitrogens with zero attached hydrogens (tertiary/aromatic N) is 1. The number of rotatable bonds is 8. The predicted molar refractivity (Wildman–Crippen MR) is 108 cm³/mol. The molecule has 0 amide bonds. The number of carbonyl (C=O) groups is 1. The van der Waals surface area contributed by atoms with Crippen LogP contribution >= 0.6 is 0 Å². The van der Waals surface area contributed by atoms with Gasteiger partial charge in [0, 0.05) is 12.1 Å². The van der Waals surface area contributed by atoms with Crippen molar-refractivity contribution in [3.63, 3.8) is 0 Å². The molecule has 158 valence electrons. The molecule has 0 bridgehead atoms. The van der Waals surface area contributed by atoms with E-state index < -0.39 is 23.4 Å². The summed E-state index contributed by atoms with van der Waals surface area (Å²) in [7, 11) is 2.93. The fourth-order valence-corrected chi connectivity index (χ4v) is 2.96. The van der Waals surface area contributed by atoms with Gasteiger partial charge in [0.25, 0.3) is 0 Å². The first kappa shape index (κ1) is 22.6. The van der Waals surface area contributed by atoms with Crippen LogP contribution in [-0.2, 0) is 10.2 Å². The highest BCUT2D eigenvalue weighted by atomic mass is 19.1. The molecule has 29 heavy (non-hydrogen) atoms. The summed E-state index contributed by atoms with van der Waals surface area (Å²) >= 11 is 0. The maximum Gasteiger partial charge on any atom is 0.317 e. The summed E-state index contributed by atoms with van der Waals surface area (Å²) in [6.45, 7) is 6.76. The van der Waals surface area contributed by atoms with Crippen molar-refractivity contribution in [2.75, 3.05) is 33.9 Å². The van der Waals surface area contributed by atoms with E-state index in [4.69, 9.17) is 14.6 Å². The van der Waals surface area contributed by atoms with E-state index in [9.17, 15) is 13.6 Å². The molecule has 0 radical (unpaired) electrons. The molecule has 0 atom stereocenters. The van der Waals surface area contributed by atoms with Gasteiger partial charge in [0.15, 0.2) is 17.4 Å². The Kier molecular flexibility index (Phi) is 7.19. The molecule has 0 fully saturated rings. The molecule has 0 saturated heterocycles. The zero-order valence-electron chi connectivity index (χ0n) is 17.4. The molecule has 2 aromatic rings. The third kappa shape index (κ3) is 5.90. The molecule has 7 heteroatoms. The third-order valence-electron chi connectivity index (χ3n) is 4.46. The number of hydrogen-bond acceptors (Lipinski definition) is 4. The molecule has 0 aliphatic heterocycles. The summed E-state index contributed by atoms with van der Waals surface area (Å²) in [5.41, 5.74) is 1.67. The Hall–Kier alpha value is -2.67. The highest BCUT2D eigenvalue weighted by molar-refractivity contribution is 5.69. The van der Waals surface area contributed by atoms with Gasteiger partial charge in [0.05, 0.1) is 13.7 Å². The largest absolute Gasteiger partial charge is 0.492 e. The van der Waals surface area contributed by atoms with Gasteiger partial charge in [0.2, 0.25) is 0 Å². The smallest absolute Gasteiger partial charge is 0.317 e. The van der Waals surface area contributed by atoms with Crippen molar-refractivity contribution in [3.8, 4) is 22.6 Å². The van der Waals surface area contributed by atoms with Gasteiger partial charge in [0.1, 0.15) is 12.4 Å². The van der Waals surface area contributed by atoms with Crippen LogP contribution in [0.3, 0.4) is 0 Å². The molecule has 0 spiro atoms. The van der Waals surface area contributed by atoms with E-state index in [0.29, 0.717) is 30.0 Å². The minimum absolute atomic E-state index is 0.0664. The van der Waals surface area contributed by atoms with Crippen molar-refractivity contribution >= 4 is 5.97 Å². The van der Waals surface area contributed by atoms with Crippen LogP contribution in [-0.4, -0.2) is 49.8 Å². The number of carboxylic acid groups (broad SMARTS) is 1. The number of likely N-dealkylation sites (N-methyl/N-ethyl adjacent to an activating group) is 1. The number of hydrogen-bond donors (Lipinski definition) is 1. The SMILES string of the molecule is COc1c(F)cc(-c2ccc(OCCN(C)CC(=O)O)c(C(C)(C)C)c2)cc1F. The Morgan fingerprint density at radius 1 is 1.10 bits per heavy atom. The lowest BCUT2D eigenvalue weighted by molar-refractivity contribution is -0.138. The van der Waals surface area contributed by atoms with E-state index in [2.05, 4.69) is 0 Å². The molecule has 0 unspecified atom stereocenters. The number of aliphatic carboxylic acids is 1. The standard InChI is InChI=1S/C22H27F2NO4/c1-22(2,3)16-10-14(15-11-17(23)21(28-5)18(24)12-15)6-7-19(16)29-9-8-25(4)13-20(26)27/h6-7,10-12H,8-9,13H2,1-5H3,(H,26,27). The lowest BCUT2D eigenvalue weighted by Crippen LogP contribution is -2.30. The Labute approximate surface area is 169 Å². The van der Waals surface area contributed by atoms with Crippen molar-refractivity contribution in [3.05, 3.63) is 47.5 Å². The Bertz CT molecular complexity index is 855. The molecule has 5 nitrogen and oxygen atoms in total. The van der Waals surface area contributed by atoms with Gasteiger partial charge in [-0.2, -0.15) is 0 Å². The highest BCUT2D eigenvalue weighted by Gasteiger charge is 2.21. The number of halogens is 2. The van der Waals surface area contributed by atoms with E-state index in [1.807, 2.05) is 26.8 Å².